The number of carbonyl (C=O) groups is 2. The average Bonchev–Trinajstić information content (AvgIpc) is 3.22. The minimum absolute atomic E-state index is 0.151. The van der Waals surface area contributed by atoms with Gasteiger partial charge in [-0.3, -0.25) is 14.2 Å². The second kappa shape index (κ2) is 6.67. The lowest BCUT2D eigenvalue weighted by Gasteiger charge is -2.32. The van der Waals surface area contributed by atoms with Gasteiger partial charge >= 0.3 is 5.97 Å². The van der Waals surface area contributed by atoms with E-state index in [1.54, 1.807) is 4.90 Å². The smallest absolute Gasteiger partial charge is 0.312 e. The normalized spacial score (nSPS) is 16.1. The average molecular weight is 379 g/mol. The van der Waals surface area contributed by atoms with Gasteiger partial charge in [0.2, 0.25) is 0 Å². The predicted octanol–water partition coefficient (Wildman–Crippen LogP) is 3.21. The van der Waals surface area contributed by atoms with E-state index >= 15 is 0 Å². The lowest BCUT2D eigenvalue weighted by Crippen LogP contribution is -2.40. The molecule has 1 N–H and O–H groups in total. The van der Waals surface area contributed by atoms with Crippen LogP contribution in [0.1, 0.15) is 44.6 Å². The maximum absolute atomic E-state index is 13.3. The molecular weight excluding hydrogens is 358 g/mol. The first-order valence-electron chi connectivity index (χ1n) is 9.09. The molecule has 0 saturated carbocycles. The standard InChI is InChI=1S/C21H21N3O4/c1-12-8-17(14(3)24(12)19-9-13(2)28-22-19)20(25)23-10-15-6-4-5-7-16(15)18(11-23)21(26)27/h4-9,18H,10-11H2,1-3H3,(H,26,27). The summed E-state index contributed by atoms with van der Waals surface area (Å²) in [5.74, 6) is -0.518. The highest BCUT2D eigenvalue weighted by atomic mass is 16.5. The van der Waals surface area contributed by atoms with Crippen LogP contribution in [-0.4, -0.2) is 38.2 Å². The second-order valence-electron chi connectivity index (χ2n) is 7.19. The van der Waals surface area contributed by atoms with E-state index in [1.807, 2.05) is 61.7 Å². The molecule has 3 heterocycles. The van der Waals surface area contributed by atoms with Crippen molar-refractivity contribution in [1.29, 1.82) is 0 Å². The number of carboxylic acids is 1. The van der Waals surface area contributed by atoms with Gasteiger partial charge in [0.15, 0.2) is 5.82 Å². The first-order valence-corrected chi connectivity index (χ1v) is 9.09. The van der Waals surface area contributed by atoms with E-state index in [4.69, 9.17) is 4.52 Å². The summed E-state index contributed by atoms with van der Waals surface area (Å²) in [5.41, 5.74) is 3.81. The Hall–Kier alpha value is -3.35. The molecule has 0 radical (unpaired) electrons. The number of benzene rings is 1. The van der Waals surface area contributed by atoms with E-state index in [-0.39, 0.29) is 12.5 Å². The van der Waals surface area contributed by atoms with E-state index in [9.17, 15) is 14.7 Å². The van der Waals surface area contributed by atoms with Crippen molar-refractivity contribution in [3.8, 4) is 5.82 Å². The summed E-state index contributed by atoms with van der Waals surface area (Å²) in [7, 11) is 0. The van der Waals surface area contributed by atoms with Crippen molar-refractivity contribution in [2.75, 3.05) is 6.54 Å². The summed E-state index contributed by atoms with van der Waals surface area (Å²) >= 11 is 0. The Morgan fingerprint density at radius 1 is 1.18 bits per heavy atom. The molecule has 0 aliphatic carbocycles. The van der Waals surface area contributed by atoms with Crippen molar-refractivity contribution in [3.05, 3.63) is 70.2 Å². The molecule has 1 unspecified atom stereocenters. The molecule has 28 heavy (non-hydrogen) atoms. The summed E-state index contributed by atoms with van der Waals surface area (Å²) in [5, 5.41) is 13.7. The van der Waals surface area contributed by atoms with Gasteiger partial charge < -0.3 is 14.5 Å². The minimum Gasteiger partial charge on any atom is -0.481 e. The molecule has 0 fully saturated rings. The van der Waals surface area contributed by atoms with Gasteiger partial charge in [-0.05, 0) is 38.0 Å². The van der Waals surface area contributed by atoms with Crippen molar-refractivity contribution in [2.45, 2.75) is 33.2 Å². The summed E-state index contributed by atoms with van der Waals surface area (Å²) in [6.07, 6.45) is 0. The maximum Gasteiger partial charge on any atom is 0.312 e. The number of hydrogen-bond donors (Lipinski definition) is 1. The molecule has 2 aromatic heterocycles. The van der Waals surface area contributed by atoms with Gasteiger partial charge in [0, 0.05) is 30.5 Å². The Morgan fingerprint density at radius 3 is 2.61 bits per heavy atom. The monoisotopic (exact) mass is 379 g/mol. The van der Waals surface area contributed by atoms with Gasteiger partial charge in [0.25, 0.3) is 5.91 Å². The quantitative estimate of drug-likeness (QED) is 0.755. The highest BCUT2D eigenvalue weighted by molar-refractivity contribution is 5.96. The van der Waals surface area contributed by atoms with Gasteiger partial charge in [-0.1, -0.05) is 29.4 Å². The van der Waals surface area contributed by atoms with E-state index in [2.05, 4.69) is 5.16 Å². The molecule has 1 amide bonds. The summed E-state index contributed by atoms with van der Waals surface area (Å²) in [6, 6.07) is 11.0. The first-order chi connectivity index (χ1) is 13.4. The van der Waals surface area contributed by atoms with Crippen LogP contribution in [0.4, 0.5) is 0 Å². The highest BCUT2D eigenvalue weighted by Gasteiger charge is 2.33. The molecule has 0 spiro atoms. The number of rotatable bonds is 3. The van der Waals surface area contributed by atoms with Crippen LogP contribution < -0.4 is 0 Å². The first kappa shape index (κ1) is 18.0. The fraction of sp³-hybridized carbons (Fsp3) is 0.286. The van der Waals surface area contributed by atoms with E-state index in [0.29, 0.717) is 23.7 Å². The third-order valence-corrected chi connectivity index (χ3v) is 5.29. The van der Waals surface area contributed by atoms with Crippen LogP contribution in [0, 0.1) is 20.8 Å². The zero-order chi connectivity index (χ0) is 20.0. The molecule has 0 saturated heterocycles. The molecule has 7 heteroatoms. The third-order valence-electron chi connectivity index (χ3n) is 5.29. The number of aryl methyl sites for hydroxylation is 2. The van der Waals surface area contributed by atoms with E-state index in [1.165, 1.54) is 0 Å². The lowest BCUT2D eigenvalue weighted by molar-refractivity contribution is -0.139. The molecular formula is C21H21N3O4. The molecule has 1 atom stereocenters. The molecule has 144 valence electrons. The zero-order valence-corrected chi connectivity index (χ0v) is 16.0. The van der Waals surface area contributed by atoms with Crippen LogP contribution in [0.2, 0.25) is 0 Å². The van der Waals surface area contributed by atoms with Crippen LogP contribution in [0.15, 0.2) is 40.9 Å². The fourth-order valence-corrected chi connectivity index (χ4v) is 3.93. The van der Waals surface area contributed by atoms with Gasteiger partial charge in [0.05, 0.1) is 11.5 Å². The highest BCUT2D eigenvalue weighted by Crippen LogP contribution is 2.30. The number of fused-ring (bicyclic) bond motifs is 1. The minimum atomic E-state index is -0.923. The van der Waals surface area contributed by atoms with Gasteiger partial charge in [0.1, 0.15) is 5.76 Å². The molecule has 3 aromatic rings. The topological polar surface area (TPSA) is 88.6 Å². The largest absolute Gasteiger partial charge is 0.481 e. The molecule has 0 bridgehead atoms. The van der Waals surface area contributed by atoms with Crippen LogP contribution in [0.5, 0.6) is 0 Å². The van der Waals surface area contributed by atoms with Crippen LogP contribution in [0.25, 0.3) is 5.82 Å². The molecule has 1 aliphatic rings. The summed E-state index contributed by atoms with van der Waals surface area (Å²) < 4.78 is 7.03. The molecule has 1 aliphatic heterocycles. The fourth-order valence-electron chi connectivity index (χ4n) is 3.93. The van der Waals surface area contributed by atoms with Crippen molar-refractivity contribution in [3.63, 3.8) is 0 Å². The van der Waals surface area contributed by atoms with Gasteiger partial charge in [-0.25, -0.2) is 0 Å². The van der Waals surface area contributed by atoms with Gasteiger partial charge in [-0.2, -0.15) is 0 Å². The summed E-state index contributed by atoms with van der Waals surface area (Å²) in [4.78, 5) is 26.7. The Labute approximate surface area is 162 Å². The van der Waals surface area contributed by atoms with Crippen LogP contribution >= 0.6 is 0 Å². The van der Waals surface area contributed by atoms with E-state index in [0.717, 1.165) is 22.5 Å². The Balaban J connectivity index is 1.70. The van der Waals surface area contributed by atoms with Gasteiger partial charge in [-0.15, -0.1) is 0 Å². The summed E-state index contributed by atoms with van der Waals surface area (Å²) in [6.45, 7) is 6.12. The Bertz CT molecular complexity index is 1080. The molecule has 4 rings (SSSR count). The Kier molecular flexibility index (Phi) is 4.30. The number of hydrogen-bond acceptors (Lipinski definition) is 4. The lowest BCUT2D eigenvalue weighted by atomic mass is 9.89. The van der Waals surface area contributed by atoms with Crippen molar-refractivity contribution in [2.24, 2.45) is 0 Å². The predicted molar refractivity (Wildman–Crippen MR) is 102 cm³/mol. The zero-order valence-electron chi connectivity index (χ0n) is 16.0. The van der Waals surface area contributed by atoms with Crippen molar-refractivity contribution < 1.29 is 19.2 Å². The van der Waals surface area contributed by atoms with Crippen molar-refractivity contribution in [1.82, 2.24) is 14.6 Å². The van der Waals surface area contributed by atoms with E-state index < -0.39 is 11.9 Å². The number of carboxylic acid groups (broad SMARTS) is 1. The number of carbonyl (C=O) groups excluding carboxylic acids is 1. The number of aliphatic carboxylic acids is 1. The number of amides is 1. The Morgan fingerprint density at radius 2 is 1.93 bits per heavy atom. The molecule has 7 nitrogen and oxygen atoms in total. The SMILES string of the molecule is Cc1cc(-n2c(C)cc(C(=O)N3Cc4ccccc4C(C(=O)O)C3)c2C)no1. The maximum atomic E-state index is 13.3. The van der Waals surface area contributed by atoms with Crippen LogP contribution in [0.3, 0.4) is 0 Å². The second-order valence-corrected chi connectivity index (χ2v) is 7.19. The van der Waals surface area contributed by atoms with Crippen molar-refractivity contribution >= 4 is 11.9 Å². The number of aromatic nitrogens is 2. The number of nitrogens with zero attached hydrogens (tertiary/aromatic N) is 3. The van der Waals surface area contributed by atoms with Crippen LogP contribution in [-0.2, 0) is 11.3 Å². The molecule has 1 aromatic carbocycles. The third kappa shape index (κ3) is 2.89.